The lowest BCUT2D eigenvalue weighted by atomic mass is 10.2. The molecule has 1 fully saturated rings. The number of hydrogen-bond donors (Lipinski definition) is 0. The van der Waals surface area contributed by atoms with Gasteiger partial charge in [-0.1, -0.05) is 6.07 Å². The Kier molecular flexibility index (Phi) is 3.74. The average Bonchev–Trinajstić information content (AvgIpc) is 2.79. The van der Waals surface area contributed by atoms with E-state index < -0.39 is 0 Å². The van der Waals surface area contributed by atoms with Crippen LogP contribution in [0.3, 0.4) is 0 Å². The molecule has 0 spiro atoms. The third kappa shape index (κ3) is 2.64. The number of ether oxygens (including phenoxy) is 1. The van der Waals surface area contributed by atoms with Crippen LogP contribution in [0.15, 0.2) is 18.3 Å². The summed E-state index contributed by atoms with van der Waals surface area (Å²) < 4.78 is 4.83. The van der Waals surface area contributed by atoms with Gasteiger partial charge in [-0.05, 0) is 37.9 Å². The summed E-state index contributed by atoms with van der Waals surface area (Å²) in [5.74, 6) is -0.129. The molecule has 17 heavy (non-hydrogen) atoms. The van der Waals surface area contributed by atoms with Crippen LogP contribution in [-0.2, 0) is 16.1 Å². The Morgan fingerprint density at radius 2 is 2.47 bits per heavy atom. The number of methoxy groups -OCH3 is 1. The third-order valence-corrected chi connectivity index (χ3v) is 3.31. The second kappa shape index (κ2) is 5.27. The van der Waals surface area contributed by atoms with Crippen LogP contribution in [-0.4, -0.2) is 35.5 Å². The summed E-state index contributed by atoms with van der Waals surface area (Å²) in [4.78, 5) is 18.1. The number of hydrogen-bond acceptors (Lipinski definition) is 4. The largest absolute Gasteiger partial charge is 0.468 e. The van der Waals surface area contributed by atoms with E-state index in [0.29, 0.717) is 0 Å². The first-order chi connectivity index (χ1) is 8.22. The molecule has 1 aliphatic heterocycles. The minimum absolute atomic E-state index is 0.0959. The summed E-state index contributed by atoms with van der Waals surface area (Å²) in [7, 11) is 1.45. The fourth-order valence-electron chi connectivity index (χ4n) is 2.29. The smallest absolute Gasteiger partial charge is 0.323 e. The fraction of sp³-hybridized carbons (Fsp3) is 0.538. The summed E-state index contributed by atoms with van der Waals surface area (Å²) >= 11 is 0. The molecule has 1 saturated heterocycles. The van der Waals surface area contributed by atoms with Crippen molar-refractivity contribution in [2.45, 2.75) is 32.4 Å². The fourth-order valence-corrected chi connectivity index (χ4v) is 2.29. The van der Waals surface area contributed by atoms with Gasteiger partial charge in [-0.2, -0.15) is 0 Å². The first-order valence-corrected chi connectivity index (χ1v) is 5.94. The standard InChI is InChI=1S/C13H18N2O2/c1-10-5-3-7-14-11(10)9-15-8-4-6-12(15)13(16)17-2/h3,5,7,12H,4,6,8-9H2,1-2H3. The van der Waals surface area contributed by atoms with E-state index in [2.05, 4.69) is 9.88 Å². The highest BCUT2D eigenvalue weighted by molar-refractivity contribution is 5.75. The lowest BCUT2D eigenvalue weighted by Gasteiger charge is -2.22. The van der Waals surface area contributed by atoms with E-state index in [4.69, 9.17) is 4.74 Å². The Bertz CT molecular complexity index is 406. The summed E-state index contributed by atoms with van der Waals surface area (Å²) in [5.41, 5.74) is 2.21. The SMILES string of the molecule is COC(=O)C1CCCN1Cc1ncccc1C. The van der Waals surface area contributed by atoms with Crippen LogP contribution in [0.25, 0.3) is 0 Å². The molecule has 0 amide bonds. The molecule has 0 aromatic carbocycles. The topological polar surface area (TPSA) is 42.4 Å². The first kappa shape index (κ1) is 12.0. The number of esters is 1. The molecule has 4 heteroatoms. The Morgan fingerprint density at radius 3 is 3.18 bits per heavy atom. The lowest BCUT2D eigenvalue weighted by Crippen LogP contribution is -2.36. The zero-order valence-electron chi connectivity index (χ0n) is 10.3. The van der Waals surface area contributed by atoms with Gasteiger partial charge < -0.3 is 4.74 Å². The molecule has 1 atom stereocenters. The van der Waals surface area contributed by atoms with Gasteiger partial charge in [0.25, 0.3) is 0 Å². The molecule has 2 rings (SSSR count). The van der Waals surface area contributed by atoms with Crippen LogP contribution in [0, 0.1) is 6.92 Å². The Morgan fingerprint density at radius 1 is 1.65 bits per heavy atom. The number of pyridine rings is 1. The van der Waals surface area contributed by atoms with E-state index in [0.717, 1.165) is 31.6 Å². The van der Waals surface area contributed by atoms with Crippen molar-refractivity contribution >= 4 is 5.97 Å². The maximum absolute atomic E-state index is 11.6. The van der Waals surface area contributed by atoms with Gasteiger partial charge in [0.15, 0.2) is 0 Å². The van der Waals surface area contributed by atoms with E-state index in [1.54, 1.807) is 6.20 Å². The molecule has 2 heterocycles. The molecule has 4 nitrogen and oxygen atoms in total. The maximum atomic E-state index is 11.6. The van der Waals surface area contributed by atoms with Crippen molar-refractivity contribution in [1.82, 2.24) is 9.88 Å². The van der Waals surface area contributed by atoms with Gasteiger partial charge >= 0.3 is 5.97 Å². The van der Waals surface area contributed by atoms with Gasteiger partial charge in [-0.25, -0.2) is 0 Å². The number of likely N-dealkylation sites (tertiary alicyclic amines) is 1. The quantitative estimate of drug-likeness (QED) is 0.744. The Labute approximate surface area is 102 Å². The van der Waals surface area contributed by atoms with Crippen molar-refractivity contribution in [3.8, 4) is 0 Å². The number of aromatic nitrogens is 1. The lowest BCUT2D eigenvalue weighted by molar-refractivity contribution is -0.146. The molecule has 1 unspecified atom stereocenters. The van der Waals surface area contributed by atoms with Crippen LogP contribution >= 0.6 is 0 Å². The molecule has 1 aromatic rings. The van der Waals surface area contributed by atoms with E-state index in [1.165, 1.54) is 12.7 Å². The summed E-state index contributed by atoms with van der Waals surface area (Å²) in [6.45, 7) is 3.72. The second-order valence-electron chi connectivity index (χ2n) is 4.42. The summed E-state index contributed by atoms with van der Waals surface area (Å²) in [6.07, 6.45) is 3.73. The molecule has 0 saturated carbocycles. The molecular formula is C13H18N2O2. The molecule has 0 radical (unpaired) electrons. The van der Waals surface area contributed by atoms with Gasteiger partial charge in [0.1, 0.15) is 6.04 Å². The maximum Gasteiger partial charge on any atom is 0.323 e. The number of carbonyl (C=O) groups excluding carboxylic acids is 1. The predicted octanol–water partition coefficient (Wildman–Crippen LogP) is 1.53. The van der Waals surface area contributed by atoms with Crippen LogP contribution in [0.2, 0.25) is 0 Å². The van der Waals surface area contributed by atoms with Crippen molar-refractivity contribution < 1.29 is 9.53 Å². The van der Waals surface area contributed by atoms with Crippen molar-refractivity contribution in [1.29, 1.82) is 0 Å². The summed E-state index contributed by atoms with van der Waals surface area (Å²) in [6, 6.07) is 3.88. The van der Waals surface area contributed by atoms with Gasteiger partial charge in [0.05, 0.1) is 12.8 Å². The predicted molar refractivity (Wildman–Crippen MR) is 64.4 cm³/mol. The minimum Gasteiger partial charge on any atom is -0.468 e. The molecular weight excluding hydrogens is 216 g/mol. The monoisotopic (exact) mass is 234 g/mol. The van der Waals surface area contributed by atoms with E-state index >= 15 is 0 Å². The molecule has 1 aromatic heterocycles. The number of aryl methyl sites for hydroxylation is 1. The van der Waals surface area contributed by atoms with Crippen LogP contribution < -0.4 is 0 Å². The molecule has 0 bridgehead atoms. The van der Waals surface area contributed by atoms with Gasteiger partial charge in [0, 0.05) is 12.7 Å². The van der Waals surface area contributed by atoms with Crippen LogP contribution in [0.1, 0.15) is 24.1 Å². The Hall–Kier alpha value is -1.42. The minimum atomic E-state index is -0.129. The second-order valence-corrected chi connectivity index (χ2v) is 4.42. The van der Waals surface area contributed by atoms with Gasteiger partial charge in [-0.15, -0.1) is 0 Å². The van der Waals surface area contributed by atoms with E-state index in [1.807, 2.05) is 19.1 Å². The molecule has 0 aliphatic carbocycles. The van der Waals surface area contributed by atoms with E-state index in [9.17, 15) is 4.79 Å². The van der Waals surface area contributed by atoms with Crippen LogP contribution in [0.5, 0.6) is 0 Å². The Balaban J connectivity index is 2.08. The van der Waals surface area contributed by atoms with Crippen molar-refractivity contribution in [2.75, 3.05) is 13.7 Å². The number of nitrogens with zero attached hydrogens (tertiary/aromatic N) is 2. The average molecular weight is 234 g/mol. The zero-order chi connectivity index (χ0) is 12.3. The zero-order valence-corrected chi connectivity index (χ0v) is 10.3. The third-order valence-electron chi connectivity index (χ3n) is 3.31. The number of rotatable bonds is 3. The normalized spacial score (nSPS) is 20.5. The van der Waals surface area contributed by atoms with Crippen molar-refractivity contribution in [2.24, 2.45) is 0 Å². The highest BCUT2D eigenvalue weighted by Gasteiger charge is 2.31. The van der Waals surface area contributed by atoms with Gasteiger partial charge in [-0.3, -0.25) is 14.7 Å². The molecule has 0 N–H and O–H groups in total. The van der Waals surface area contributed by atoms with Gasteiger partial charge in [0.2, 0.25) is 0 Å². The van der Waals surface area contributed by atoms with Crippen molar-refractivity contribution in [3.05, 3.63) is 29.6 Å². The van der Waals surface area contributed by atoms with Crippen molar-refractivity contribution in [3.63, 3.8) is 0 Å². The number of carbonyl (C=O) groups is 1. The molecule has 92 valence electrons. The highest BCUT2D eigenvalue weighted by atomic mass is 16.5. The summed E-state index contributed by atoms with van der Waals surface area (Å²) in [5, 5.41) is 0. The highest BCUT2D eigenvalue weighted by Crippen LogP contribution is 2.21. The first-order valence-electron chi connectivity index (χ1n) is 5.94. The van der Waals surface area contributed by atoms with Crippen LogP contribution in [0.4, 0.5) is 0 Å². The van der Waals surface area contributed by atoms with E-state index in [-0.39, 0.29) is 12.0 Å². The molecule has 1 aliphatic rings.